The SMILES string of the molecule is O=C1Cc2ccc3cccc-3cc21. The van der Waals surface area contributed by atoms with Crippen molar-refractivity contribution in [2.45, 2.75) is 6.42 Å². The Morgan fingerprint density at radius 2 is 1.85 bits per heavy atom. The highest BCUT2D eigenvalue weighted by Gasteiger charge is 2.22. The van der Waals surface area contributed by atoms with Gasteiger partial charge in [-0.3, -0.25) is 4.79 Å². The van der Waals surface area contributed by atoms with E-state index >= 15 is 0 Å². The van der Waals surface area contributed by atoms with E-state index in [1.165, 1.54) is 11.1 Å². The second kappa shape index (κ2) is 2.19. The maximum Gasteiger partial charge on any atom is 0.167 e. The van der Waals surface area contributed by atoms with E-state index in [0.29, 0.717) is 6.42 Å². The van der Waals surface area contributed by atoms with Crippen LogP contribution in [0.5, 0.6) is 0 Å². The van der Waals surface area contributed by atoms with E-state index in [4.69, 9.17) is 0 Å². The molecule has 0 aromatic carbocycles. The van der Waals surface area contributed by atoms with Crippen LogP contribution in [-0.2, 0) is 6.42 Å². The van der Waals surface area contributed by atoms with Crippen molar-refractivity contribution < 1.29 is 4.79 Å². The van der Waals surface area contributed by atoms with Crippen molar-refractivity contribution in [1.29, 1.82) is 0 Å². The summed E-state index contributed by atoms with van der Waals surface area (Å²) in [6.45, 7) is 0. The Bertz CT molecular complexity index is 471. The molecule has 0 atom stereocenters. The van der Waals surface area contributed by atoms with Crippen LogP contribution in [0.4, 0.5) is 0 Å². The monoisotopic (exact) mass is 168 g/mol. The zero-order chi connectivity index (χ0) is 8.84. The first-order valence-corrected chi connectivity index (χ1v) is 4.39. The van der Waals surface area contributed by atoms with E-state index in [-0.39, 0.29) is 5.78 Å². The highest BCUT2D eigenvalue weighted by Crippen LogP contribution is 2.29. The topological polar surface area (TPSA) is 17.1 Å². The summed E-state index contributed by atoms with van der Waals surface area (Å²) in [6.07, 6.45) is 0.618. The lowest BCUT2D eigenvalue weighted by atomic mass is 9.89. The van der Waals surface area contributed by atoms with Crippen LogP contribution >= 0.6 is 0 Å². The Labute approximate surface area is 76.4 Å². The lowest BCUT2D eigenvalue weighted by Gasteiger charge is -2.13. The van der Waals surface area contributed by atoms with Gasteiger partial charge in [0.05, 0.1) is 0 Å². The maximum atomic E-state index is 11.2. The minimum Gasteiger partial charge on any atom is -0.294 e. The summed E-state index contributed by atoms with van der Waals surface area (Å²) < 4.78 is 0. The molecule has 1 heteroatoms. The van der Waals surface area contributed by atoms with Crippen LogP contribution in [0.2, 0.25) is 0 Å². The Kier molecular flexibility index (Phi) is 1.15. The van der Waals surface area contributed by atoms with Crippen molar-refractivity contribution in [3.05, 3.63) is 47.5 Å². The zero-order valence-electron chi connectivity index (χ0n) is 7.08. The van der Waals surface area contributed by atoms with Gasteiger partial charge in [-0.15, -0.1) is 0 Å². The van der Waals surface area contributed by atoms with Gasteiger partial charge in [-0.1, -0.05) is 30.3 Å². The van der Waals surface area contributed by atoms with Crippen molar-refractivity contribution in [3.63, 3.8) is 0 Å². The highest BCUT2D eigenvalue weighted by atomic mass is 16.1. The fourth-order valence-electron chi connectivity index (χ4n) is 1.83. The molecular formula is C12H8O. The van der Waals surface area contributed by atoms with Gasteiger partial charge in [0.25, 0.3) is 0 Å². The molecule has 0 amide bonds. The van der Waals surface area contributed by atoms with Gasteiger partial charge in [0, 0.05) is 12.0 Å². The molecule has 0 fully saturated rings. The van der Waals surface area contributed by atoms with Crippen molar-refractivity contribution >= 4 is 5.78 Å². The molecule has 0 saturated carbocycles. The number of hydrogen-bond donors (Lipinski definition) is 0. The molecule has 1 nitrogen and oxygen atoms in total. The third kappa shape index (κ3) is 0.842. The molecule has 0 saturated heterocycles. The number of rotatable bonds is 0. The van der Waals surface area contributed by atoms with Crippen LogP contribution in [0.1, 0.15) is 15.9 Å². The van der Waals surface area contributed by atoms with Gasteiger partial charge in [0.2, 0.25) is 0 Å². The first-order chi connectivity index (χ1) is 6.34. The lowest BCUT2D eigenvalue weighted by Crippen LogP contribution is -2.16. The number of carbonyl (C=O) groups is 1. The molecule has 0 aromatic heterocycles. The van der Waals surface area contributed by atoms with Crippen LogP contribution in [0.15, 0.2) is 36.4 Å². The van der Waals surface area contributed by atoms with E-state index < -0.39 is 0 Å². The molecule has 0 spiro atoms. The van der Waals surface area contributed by atoms with Gasteiger partial charge in [0.15, 0.2) is 5.78 Å². The Morgan fingerprint density at radius 1 is 1.00 bits per heavy atom. The fourth-order valence-corrected chi connectivity index (χ4v) is 1.83. The van der Waals surface area contributed by atoms with Crippen molar-refractivity contribution in [2.24, 2.45) is 0 Å². The predicted octanol–water partition coefficient (Wildman–Crippen LogP) is 2.53. The average Bonchev–Trinajstić information content (AvgIpc) is 2.51. The molecule has 13 heavy (non-hydrogen) atoms. The van der Waals surface area contributed by atoms with Gasteiger partial charge in [-0.2, -0.15) is 0 Å². The lowest BCUT2D eigenvalue weighted by molar-refractivity contribution is 0.0968. The molecule has 0 heterocycles. The molecular weight excluding hydrogens is 160 g/mol. The van der Waals surface area contributed by atoms with Gasteiger partial charge in [0.1, 0.15) is 0 Å². The standard InChI is InChI=1S/C12H8O/c13-12-7-10-5-4-8-2-1-3-9(8)6-11(10)12/h1-6H,7H2. The number of Topliss-reactive ketones (excluding diaryl/α,β-unsaturated/α-hetero) is 1. The van der Waals surface area contributed by atoms with Gasteiger partial charge < -0.3 is 0 Å². The quantitative estimate of drug-likeness (QED) is 0.590. The van der Waals surface area contributed by atoms with E-state index in [1.807, 2.05) is 18.2 Å². The summed E-state index contributed by atoms with van der Waals surface area (Å²) in [5.41, 5.74) is 4.46. The average molecular weight is 168 g/mol. The smallest absolute Gasteiger partial charge is 0.167 e. The first kappa shape index (κ1) is 6.84. The summed E-state index contributed by atoms with van der Waals surface area (Å²) in [7, 11) is 0. The Hall–Kier alpha value is -1.63. The largest absolute Gasteiger partial charge is 0.294 e. The van der Waals surface area contributed by atoms with Crippen molar-refractivity contribution in [3.8, 4) is 11.1 Å². The second-order valence-corrected chi connectivity index (χ2v) is 3.45. The van der Waals surface area contributed by atoms with Crippen LogP contribution in [0.3, 0.4) is 0 Å². The highest BCUT2D eigenvalue weighted by molar-refractivity contribution is 6.07. The molecule has 62 valence electrons. The normalized spacial score (nSPS) is 14.0. The predicted molar refractivity (Wildman–Crippen MR) is 51.1 cm³/mol. The molecule has 0 aliphatic heterocycles. The van der Waals surface area contributed by atoms with Crippen LogP contribution < -0.4 is 0 Å². The van der Waals surface area contributed by atoms with Crippen molar-refractivity contribution in [2.75, 3.05) is 0 Å². The van der Waals surface area contributed by atoms with E-state index in [9.17, 15) is 4.79 Å². The Balaban J connectivity index is 2.36. The van der Waals surface area contributed by atoms with Gasteiger partial charge in [-0.25, -0.2) is 0 Å². The second-order valence-electron chi connectivity index (χ2n) is 3.45. The number of carbonyl (C=O) groups excluding carboxylic acids is 1. The Morgan fingerprint density at radius 3 is 2.69 bits per heavy atom. The third-order valence-corrected chi connectivity index (χ3v) is 2.65. The van der Waals surface area contributed by atoms with Crippen LogP contribution in [0.25, 0.3) is 11.1 Å². The molecule has 3 rings (SSSR count). The summed E-state index contributed by atoms with van der Waals surface area (Å²) in [5, 5.41) is 0. The molecule has 0 radical (unpaired) electrons. The van der Waals surface area contributed by atoms with Crippen LogP contribution in [-0.4, -0.2) is 5.78 Å². The van der Waals surface area contributed by atoms with Gasteiger partial charge >= 0.3 is 0 Å². The van der Waals surface area contributed by atoms with E-state index in [1.54, 1.807) is 0 Å². The number of fused-ring (bicyclic) bond motifs is 2. The summed E-state index contributed by atoms with van der Waals surface area (Å²) in [4.78, 5) is 11.2. The summed E-state index contributed by atoms with van der Waals surface area (Å²) in [6, 6.07) is 12.3. The fraction of sp³-hybridized carbons (Fsp3) is 0.0833. The van der Waals surface area contributed by atoms with E-state index in [0.717, 1.165) is 11.1 Å². The van der Waals surface area contributed by atoms with Crippen LogP contribution in [0, 0.1) is 0 Å². The molecule has 0 unspecified atom stereocenters. The van der Waals surface area contributed by atoms with Crippen molar-refractivity contribution in [1.82, 2.24) is 0 Å². The number of ketones is 1. The minimum atomic E-state index is 0.272. The molecule has 3 aliphatic carbocycles. The minimum absolute atomic E-state index is 0.272. The summed E-state index contributed by atoms with van der Waals surface area (Å²) in [5.74, 6) is 0.272. The number of hydrogen-bond acceptors (Lipinski definition) is 1. The summed E-state index contributed by atoms with van der Waals surface area (Å²) >= 11 is 0. The first-order valence-electron chi connectivity index (χ1n) is 4.39. The maximum absolute atomic E-state index is 11.2. The molecule has 0 N–H and O–H groups in total. The molecule has 0 bridgehead atoms. The molecule has 3 aliphatic rings. The third-order valence-electron chi connectivity index (χ3n) is 2.65. The zero-order valence-corrected chi connectivity index (χ0v) is 7.08. The van der Waals surface area contributed by atoms with Gasteiger partial charge in [-0.05, 0) is 22.8 Å². The van der Waals surface area contributed by atoms with E-state index in [2.05, 4.69) is 18.2 Å². The molecule has 0 aromatic rings.